The number of aromatic nitrogens is 2. The zero-order valence-electron chi connectivity index (χ0n) is 14.9. The van der Waals surface area contributed by atoms with Gasteiger partial charge in [-0.1, -0.05) is 23.8 Å². The Labute approximate surface area is 159 Å². The second kappa shape index (κ2) is 7.09. The van der Waals surface area contributed by atoms with Gasteiger partial charge in [0.15, 0.2) is 0 Å². The summed E-state index contributed by atoms with van der Waals surface area (Å²) < 4.78 is 79.4. The lowest BCUT2D eigenvalue weighted by Crippen LogP contribution is -2.47. The molecule has 0 unspecified atom stereocenters. The fourth-order valence-corrected chi connectivity index (χ4v) is 2.89. The van der Waals surface area contributed by atoms with Gasteiger partial charge in [-0.2, -0.15) is 22.0 Å². The standard InChI is InChI=1S/C19H14F6N2O2/c1-11-2-7-15-14(8-11)16(28)26(9-12-3-5-13(20)6-4-12)17(29)27(15)10-18(21,22)19(23,24)25/h2-8H,9-10H2,1H3. The zero-order chi connectivity index (χ0) is 21.6. The molecule has 10 heteroatoms. The van der Waals surface area contributed by atoms with Crippen molar-refractivity contribution in [2.45, 2.75) is 32.1 Å². The Hall–Kier alpha value is -3.04. The van der Waals surface area contributed by atoms with Crippen molar-refractivity contribution in [3.8, 4) is 0 Å². The third-order valence-electron chi connectivity index (χ3n) is 4.41. The van der Waals surface area contributed by atoms with Crippen LogP contribution in [0.4, 0.5) is 26.3 Å². The first-order valence-corrected chi connectivity index (χ1v) is 8.34. The van der Waals surface area contributed by atoms with Crippen LogP contribution in [0.25, 0.3) is 10.9 Å². The molecule has 3 rings (SSSR count). The number of alkyl halides is 5. The van der Waals surface area contributed by atoms with Crippen molar-refractivity contribution in [1.82, 2.24) is 9.13 Å². The number of benzene rings is 2. The molecule has 0 aliphatic carbocycles. The van der Waals surface area contributed by atoms with E-state index in [1.54, 1.807) is 6.92 Å². The predicted octanol–water partition coefficient (Wildman–Crippen LogP) is 3.86. The predicted molar refractivity (Wildman–Crippen MR) is 93.7 cm³/mol. The normalized spacial score (nSPS) is 12.5. The highest BCUT2D eigenvalue weighted by Crippen LogP contribution is 2.36. The molecule has 0 atom stereocenters. The van der Waals surface area contributed by atoms with E-state index in [1.165, 1.54) is 24.3 Å². The van der Waals surface area contributed by atoms with E-state index in [2.05, 4.69) is 0 Å². The van der Waals surface area contributed by atoms with Crippen LogP contribution in [0.1, 0.15) is 11.1 Å². The first kappa shape index (κ1) is 20.7. The van der Waals surface area contributed by atoms with Gasteiger partial charge in [-0.3, -0.25) is 13.9 Å². The number of nitrogens with zero attached hydrogens (tertiary/aromatic N) is 2. The van der Waals surface area contributed by atoms with Crippen molar-refractivity contribution >= 4 is 10.9 Å². The zero-order valence-corrected chi connectivity index (χ0v) is 14.9. The van der Waals surface area contributed by atoms with E-state index < -0.39 is 42.3 Å². The molecule has 3 aromatic rings. The molecule has 0 saturated heterocycles. The van der Waals surface area contributed by atoms with Crippen LogP contribution in [0.3, 0.4) is 0 Å². The SMILES string of the molecule is Cc1ccc2c(c1)c(=O)n(Cc1ccc(F)cc1)c(=O)n2CC(F)(F)C(F)(F)F. The fraction of sp³-hybridized carbons (Fsp3) is 0.263. The van der Waals surface area contributed by atoms with Crippen LogP contribution in [0.2, 0.25) is 0 Å². The van der Waals surface area contributed by atoms with Crippen LogP contribution in [0.5, 0.6) is 0 Å². The molecule has 0 radical (unpaired) electrons. The third kappa shape index (κ3) is 3.92. The van der Waals surface area contributed by atoms with Crippen molar-refractivity contribution in [3.05, 3.63) is 80.2 Å². The lowest BCUT2D eigenvalue weighted by Gasteiger charge is -2.22. The minimum atomic E-state index is -5.87. The minimum Gasteiger partial charge on any atom is -0.287 e. The Bertz CT molecular complexity index is 1180. The molecule has 29 heavy (non-hydrogen) atoms. The van der Waals surface area contributed by atoms with Crippen molar-refractivity contribution in [2.75, 3.05) is 0 Å². The molecule has 0 spiro atoms. The summed E-state index contributed by atoms with van der Waals surface area (Å²) in [7, 11) is 0. The molecule has 0 N–H and O–H groups in total. The van der Waals surface area contributed by atoms with Crippen LogP contribution < -0.4 is 11.2 Å². The number of halogens is 6. The maximum atomic E-state index is 13.7. The van der Waals surface area contributed by atoms with Crippen molar-refractivity contribution < 1.29 is 26.3 Å². The van der Waals surface area contributed by atoms with E-state index in [-0.39, 0.29) is 15.5 Å². The molecule has 0 aliphatic heterocycles. The van der Waals surface area contributed by atoms with Gasteiger partial charge in [-0.15, -0.1) is 0 Å². The molecule has 2 aromatic carbocycles. The van der Waals surface area contributed by atoms with E-state index in [0.717, 1.165) is 18.2 Å². The average molecular weight is 416 g/mol. The van der Waals surface area contributed by atoms with Gasteiger partial charge in [0, 0.05) is 0 Å². The Balaban J connectivity index is 2.26. The summed E-state index contributed by atoms with van der Waals surface area (Å²) >= 11 is 0. The van der Waals surface area contributed by atoms with Crippen LogP contribution in [-0.2, 0) is 13.1 Å². The summed E-state index contributed by atoms with van der Waals surface area (Å²) in [5, 5.41) is -0.176. The summed E-state index contributed by atoms with van der Waals surface area (Å²) in [5.41, 5.74) is -1.64. The van der Waals surface area contributed by atoms with E-state index >= 15 is 0 Å². The molecule has 154 valence electrons. The molecule has 0 bridgehead atoms. The Morgan fingerprint density at radius 1 is 0.897 bits per heavy atom. The van der Waals surface area contributed by atoms with Crippen LogP contribution in [0, 0.1) is 12.7 Å². The molecule has 0 aliphatic rings. The van der Waals surface area contributed by atoms with E-state index in [1.807, 2.05) is 0 Å². The van der Waals surface area contributed by atoms with Gasteiger partial charge in [0.05, 0.1) is 17.4 Å². The summed E-state index contributed by atoms with van der Waals surface area (Å²) in [5.74, 6) is -5.76. The highest BCUT2D eigenvalue weighted by atomic mass is 19.4. The third-order valence-corrected chi connectivity index (χ3v) is 4.41. The Kier molecular flexibility index (Phi) is 5.06. The quantitative estimate of drug-likeness (QED) is 0.607. The molecular formula is C19H14F6N2O2. The maximum absolute atomic E-state index is 13.7. The first-order valence-electron chi connectivity index (χ1n) is 8.34. The molecule has 4 nitrogen and oxygen atoms in total. The van der Waals surface area contributed by atoms with Crippen molar-refractivity contribution in [1.29, 1.82) is 0 Å². The number of hydrogen-bond donors (Lipinski definition) is 0. The highest BCUT2D eigenvalue weighted by molar-refractivity contribution is 5.78. The lowest BCUT2D eigenvalue weighted by molar-refractivity contribution is -0.286. The van der Waals surface area contributed by atoms with Crippen molar-refractivity contribution in [3.63, 3.8) is 0 Å². The molecule has 1 heterocycles. The second-order valence-corrected chi connectivity index (χ2v) is 6.61. The number of hydrogen-bond acceptors (Lipinski definition) is 2. The number of rotatable bonds is 4. The molecule has 0 saturated carbocycles. The van der Waals surface area contributed by atoms with Gasteiger partial charge in [0.2, 0.25) is 0 Å². The number of fused-ring (bicyclic) bond motifs is 1. The fourth-order valence-electron chi connectivity index (χ4n) is 2.89. The first-order chi connectivity index (χ1) is 13.4. The van der Waals surface area contributed by atoms with E-state index in [9.17, 15) is 35.9 Å². The van der Waals surface area contributed by atoms with Gasteiger partial charge in [0.1, 0.15) is 12.4 Å². The molecule has 0 amide bonds. The highest BCUT2D eigenvalue weighted by Gasteiger charge is 2.57. The Morgan fingerprint density at radius 2 is 1.52 bits per heavy atom. The maximum Gasteiger partial charge on any atom is 0.455 e. The molecular weight excluding hydrogens is 402 g/mol. The van der Waals surface area contributed by atoms with Gasteiger partial charge < -0.3 is 0 Å². The molecule has 0 fully saturated rings. The Morgan fingerprint density at radius 3 is 2.10 bits per heavy atom. The summed E-state index contributed by atoms with van der Waals surface area (Å²) in [6.45, 7) is -0.791. The largest absolute Gasteiger partial charge is 0.455 e. The summed E-state index contributed by atoms with van der Waals surface area (Å²) in [4.78, 5) is 25.5. The molecule has 1 aromatic heterocycles. The van der Waals surface area contributed by atoms with Crippen LogP contribution in [-0.4, -0.2) is 21.2 Å². The summed E-state index contributed by atoms with van der Waals surface area (Å²) in [6, 6.07) is 8.55. The van der Waals surface area contributed by atoms with Crippen molar-refractivity contribution in [2.24, 2.45) is 0 Å². The average Bonchev–Trinajstić information content (AvgIpc) is 2.63. The topological polar surface area (TPSA) is 44.0 Å². The van der Waals surface area contributed by atoms with Crippen LogP contribution >= 0.6 is 0 Å². The lowest BCUT2D eigenvalue weighted by atomic mass is 10.1. The van der Waals surface area contributed by atoms with Crippen LogP contribution in [0.15, 0.2) is 52.1 Å². The van der Waals surface area contributed by atoms with Gasteiger partial charge in [0.25, 0.3) is 5.56 Å². The summed E-state index contributed by atoms with van der Waals surface area (Å²) in [6.07, 6.45) is -5.87. The smallest absolute Gasteiger partial charge is 0.287 e. The van der Waals surface area contributed by atoms with E-state index in [0.29, 0.717) is 15.7 Å². The monoisotopic (exact) mass is 416 g/mol. The van der Waals surface area contributed by atoms with Gasteiger partial charge >= 0.3 is 17.8 Å². The second-order valence-electron chi connectivity index (χ2n) is 6.61. The van der Waals surface area contributed by atoms with E-state index in [4.69, 9.17) is 0 Å². The van der Waals surface area contributed by atoms with Gasteiger partial charge in [-0.05, 0) is 36.8 Å². The minimum absolute atomic E-state index is 0.176. The van der Waals surface area contributed by atoms with Gasteiger partial charge in [-0.25, -0.2) is 9.18 Å². The number of aryl methyl sites for hydroxylation is 1.